The Morgan fingerprint density at radius 3 is 2.54 bits per heavy atom. The Labute approximate surface area is 201 Å². The number of benzene rings is 3. The Bertz CT molecular complexity index is 1290. The van der Waals surface area contributed by atoms with Crippen LogP contribution < -0.4 is 15.1 Å². The number of hydrazone groups is 1. The summed E-state index contributed by atoms with van der Waals surface area (Å²) < 4.78 is 10.8. The monoisotopic (exact) mass is 472 g/mol. The van der Waals surface area contributed by atoms with Crippen LogP contribution in [0, 0.1) is 0 Å². The van der Waals surface area contributed by atoms with E-state index in [9.17, 15) is 14.4 Å². The first-order valence-electron chi connectivity index (χ1n) is 11.3. The van der Waals surface area contributed by atoms with E-state index in [4.69, 9.17) is 9.47 Å². The standard InChI is InChI=1S/C26H24N4O5/c31-23(16-30-22-6-2-4-19-3-1-5-21(25(19)22)26(30)33)28-27-15-18-7-9-20(10-8-18)35-17-24(32)29-11-13-34-14-12-29/h1-10,15H,11-14,16-17H2,(H,28,31)/b27-15-. The summed E-state index contributed by atoms with van der Waals surface area (Å²) >= 11 is 0. The number of nitrogens with zero attached hydrogens (tertiary/aromatic N) is 3. The van der Waals surface area contributed by atoms with Crippen LogP contribution in [0.4, 0.5) is 5.69 Å². The van der Waals surface area contributed by atoms with E-state index in [-0.39, 0.29) is 25.0 Å². The van der Waals surface area contributed by atoms with Gasteiger partial charge in [0.05, 0.1) is 25.1 Å². The molecule has 2 heterocycles. The van der Waals surface area contributed by atoms with E-state index in [0.29, 0.717) is 37.6 Å². The van der Waals surface area contributed by atoms with Crippen molar-refractivity contribution in [1.82, 2.24) is 10.3 Å². The zero-order valence-corrected chi connectivity index (χ0v) is 19.0. The summed E-state index contributed by atoms with van der Waals surface area (Å²) in [4.78, 5) is 40.6. The lowest BCUT2D eigenvalue weighted by atomic mass is 10.1. The van der Waals surface area contributed by atoms with Gasteiger partial charge in [0.15, 0.2) is 6.61 Å². The van der Waals surface area contributed by atoms with Gasteiger partial charge in [0.25, 0.3) is 17.7 Å². The molecule has 0 aliphatic carbocycles. The highest BCUT2D eigenvalue weighted by Gasteiger charge is 2.30. The van der Waals surface area contributed by atoms with Crippen molar-refractivity contribution < 1.29 is 23.9 Å². The molecule has 0 saturated carbocycles. The second-order valence-electron chi connectivity index (χ2n) is 8.22. The molecule has 0 bridgehead atoms. The third-order valence-electron chi connectivity index (χ3n) is 5.96. The van der Waals surface area contributed by atoms with Crippen LogP contribution in [0.3, 0.4) is 0 Å². The molecule has 0 spiro atoms. The second kappa shape index (κ2) is 9.94. The summed E-state index contributed by atoms with van der Waals surface area (Å²) in [5.74, 6) is -0.105. The van der Waals surface area contributed by atoms with Crippen LogP contribution >= 0.6 is 0 Å². The molecule has 35 heavy (non-hydrogen) atoms. The fraction of sp³-hybridized carbons (Fsp3) is 0.231. The summed E-state index contributed by atoms with van der Waals surface area (Å²) in [5.41, 5.74) is 4.54. The van der Waals surface area contributed by atoms with Gasteiger partial charge in [0.1, 0.15) is 12.3 Å². The first-order chi connectivity index (χ1) is 17.1. The van der Waals surface area contributed by atoms with Crippen molar-refractivity contribution in [2.75, 3.05) is 44.4 Å². The molecule has 0 aromatic heterocycles. The highest BCUT2D eigenvalue weighted by atomic mass is 16.5. The molecule has 3 aromatic carbocycles. The Balaban J connectivity index is 1.12. The minimum atomic E-state index is -0.402. The molecule has 1 saturated heterocycles. The number of amides is 3. The van der Waals surface area contributed by atoms with Crippen molar-refractivity contribution >= 4 is 40.4 Å². The average Bonchev–Trinajstić information content (AvgIpc) is 3.16. The van der Waals surface area contributed by atoms with Crippen LogP contribution in [0.1, 0.15) is 15.9 Å². The molecule has 9 heteroatoms. The molecule has 3 amide bonds. The number of nitrogens with one attached hydrogen (secondary N) is 1. The number of carbonyl (C=O) groups is 3. The predicted molar refractivity (Wildman–Crippen MR) is 131 cm³/mol. The highest BCUT2D eigenvalue weighted by molar-refractivity contribution is 6.26. The minimum absolute atomic E-state index is 0.0314. The fourth-order valence-corrected chi connectivity index (χ4v) is 4.19. The first-order valence-corrected chi connectivity index (χ1v) is 11.3. The molecule has 5 rings (SSSR count). The van der Waals surface area contributed by atoms with Gasteiger partial charge in [0.2, 0.25) is 0 Å². The van der Waals surface area contributed by atoms with Gasteiger partial charge in [-0.3, -0.25) is 19.3 Å². The molecule has 178 valence electrons. The second-order valence-corrected chi connectivity index (χ2v) is 8.22. The van der Waals surface area contributed by atoms with Crippen LogP contribution in [0.2, 0.25) is 0 Å². The molecular weight excluding hydrogens is 448 g/mol. The number of hydrogen-bond donors (Lipinski definition) is 1. The maximum Gasteiger partial charge on any atom is 0.260 e. The van der Waals surface area contributed by atoms with Gasteiger partial charge in [-0.15, -0.1) is 0 Å². The van der Waals surface area contributed by atoms with Crippen molar-refractivity contribution in [2.24, 2.45) is 5.10 Å². The minimum Gasteiger partial charge on any atom is -0.484 e. The number of ether oxygens (including phenoxy) is 2. The highest BCUT2D eigenvalue weighted by Crippen LogP contribution is 2.36. The number of morpholine rings is 1. The molecule has 0 radical (unpaired) electrons. The van der Waals surface area contributed by atoms with E-state index in [1.807, 2.05) is 30.3 Å². The van der Waals surface area contributed by atoms with Crippen LogP contribution in [-0.2, 0) is 14.3 Å². The van der Waals surface area contributed by atoms with Gasteiger partial charge >= 0.3 is 0 Å². The Morgan fingerprint density at radius 1 is 1.03 bits per heavy atom. The summed E-state index contributed by atoms with van der Waals surface area (Å²) in [7, 11) is 0. The van der Waals surface area contributed by atoms with Crippen molar-refractivity contribution in [3.63, 3.8) is 0 Å². The molecule has 9 nitrogen and oxygen atoms in total. The molecule has 1 fully saturated rings. The molecule has 0 unspecified atom stereocenters. The van der Waals surface area contributed by atoms with E-state index in [1.165, 1.54) is 11.1 Å². The topological polar surface area (TPSA) is 101 Å². The smallest absolute Gasteiger partial charge is 0.260 e. The molecule has 3 aromatic rings. The molecule has 2 aliphatic heterocycles. The Kier molecular flexibility index (Phi) is 6.40. The van der Waals surface area contributed by atoms with Gasteiger partial charge in [-0.05, 0) is 47.3 Å². The van der Waals surface area contributed by atoms with Crippen molar-refractivity contribution in [3.05, 3.63) is 71.8 Å². The van der Waals surface area contributed by atoms with Crippen LogP contribution in [0.5, 0.6) is 5.75 Å². The number of anilines is 1. The Hall–Kier alpha value is -4.24. The van der Waals surface area contributed by atoms with Crippen LogP contribution in [0.25, 0.3) is 10.8 Å². The van der Waals surface area contributed by atoms with Gasteiger partial charge < -0.3 is 14.4 Å². The summed E-state index contributed by atoms with van der Waals surface area (Å²) in [6.45, 7) is 2.10. The maximum atomic E-state index is 12.8. The van der Waals surface area contributed by atoms with Crippen molar-refractivity contribution in [3.8, 4) is 5.75 Å². The number of carbonyl (C=O) groups excluding carboxylic acids is 3. The third-order valence-corrected chi connectivity index (χ3v) is 5.96. The third kappa shape index (κ3) is 4.85. The number of rotatable bonds is 7. The Morgan fingerprint density at radius 2 is 1.77 bits per heavy atom. The van der Waals surface area contributed by atoms with E-state index >= 15 is 0 Å². The van der Waals surface area contributed by atoms with Gasteiger partial charge in [-0.2, -0.15) is 5.10 Å². The number of hydrogen-bond acceptors (Lipinski definition) is 6. The maximum absolute atomic E-state index is 12.8. The molecule has 0 atom stereocenters. The lowest BCUT2D eigenvalue weighted by molar-refractivity contribution is -0.137. The van der Waals surface area contributed by atoms with Gasteiger partial charge in [0, 0.05) is 24.0 Å². The molecule has 1 N–H and O–H groups in total. The van der Waals surface area contributed by atoms with E-state index in [0.717, 1.165) is 22.0 Å². The summed E-state index contributed by atoms with van der Waals surface area (Å²) in [6.07, 6.45) is 1.50. The quantitative estimate of drug-likeness (QED) is 0.420. The zero-order valence-electron chi connectivity index (χ0n) is 19.0. The normalized spacial score (nSPS) is 15.1. The van der Waals surface area contributed by atoms with Gasteiger partial charge in [-0.25, -0.2) is 5.43 Å². The SMILES string of the molecule is O=C(CN1C(=O)c2cccc3cccc1c23)N/N=C\c1ccc(OCC(=O)N2CCOCC2)cc1. The molecule has 2 aliphatic rings. The zero-order chi connectivity index (χ0) is 24.2. The fourth-order valence-electron chi connectivity index (χ4n) is 4.19. The summed E-state index contributed by atoms with van der Waals surface area (Å²) in [5, 5.41) is 5.83. The van der Waals surface area contributed by atoms with Crippen molar-refractivity contribution in [2.45, 2.75) is 0 Å². The predicted octanol–water partition coefficient (Wildman–Crippen LogP) is 2.19. The average molecular weight is 473 g/mol. The largest absolute Gasteiger partial charge is 0.484 e. The van der Waals surface area contributed by atoms with Crippen LogP contribution in [-0.4, -0.2) is 68.3 Å². The van der Waals surface area contributed by atoms with Crippen LogP contribution in [0.15, 0.2) is 65.8 Å². The van der Waals surface area contributed by atoms with Crippen molar-refractivity contribution in [1.29, 1.82) is 0 Å². The first kappa shape index (κ1) is 22.5. The molecular formula is C26H24N4O5. The van der Waals surface area contributed by atoms with Gasteiger partial charge in [-0.1, -0.05) is 24.3 Å². The summed E-state index contributed by atoms with van der Waals surface area (Å²) in [6, 6.07) is 18.2. The van der Waals surface area contributed by atoms with E-state index in [1.54, 1.807) is 35.2 Å². The van der Waals surface area contributed by atoms with E-state index in [2.05, 4.69) is 10.5 Å². The lowest BCUT2D eigenvalue weighted by Gasteiger charge is -2.26. The lowest BCUT2D eigenvalue weighted by Crippen LogP contribution is -2.42. The van der Waals surface area contributed by atoms with E-state index < -0.39 is 5.91 Å².